The average Bonchev–Trinajstić information content (AvgIpc) is 2.54. The lowest BCUT2D eigenvalue weighted by molar-refractivity contribution is 0.153. The molecule has 2 rings (SSSR count). The maximum Gasteiger partial charge on any atom is 0.404 e. The average molecular weight is 346 g/mol. The Morgan fingerprint density at radius 3 is 3.00 bits per heavy atom. The molecule has 0 radical (unpaired) electrons. The molecular weight excluding hydrogens is 335 g/mol. The van der Waals surface area contributed by atoms with Crippen molar-refractivity contribution in [1.82, 2.24) is 9.55 Å². The van der Waals surface area contributed by atoms with E-state index in [1.165, 1.54) is 0 Å². The fourth-order valence-electron chi connectivity index (χ4n) is 1.59. The highest BCUT2D eigenvalue weighted by Gasteiger charge is 2.08. The number of fused-ring (bicyclic) bond motifs is 1. The van der Waals surface area contributed by atoms with E-state index in [9.17, 15) is 4.79 Å². The number of carbonyl (C=O) groups excluding carboxylic acids is 1. The second-order valence-electron chi connectivity index (χ2n) is 3.42. The van der Waals surface area contributed by atoms with Gasteiger partial charge in [0, 0.05) is 3.57 Å². The minimum absolute atomic E-state index is 0.178. The molecule has 17 heavy (non-hydrogen) atoms. The van der Waals surface area contributed by atoms with Crippen molar-refractivity contribution in [3.05, 3.63) is 21.8 Å². The predicted octanol–water partition coefficient (Wildman–Crippen LogP) is 1.32. The fraction of sp³-hybridized carbons (Fsp3) is 0.200. The van der Waals surface area contributed by atoms with E-state index < -0.39 is 6.09 Å². The van der Waals surface area contributed by atoms with Crippen molar-refractivity contribution in [3.63, 3.8) is 0 Å². The first kappa shape index (κ1) is 12.0. The number of rotatable bonds is 3. The Morgan fingerprint density at radius 2 is 2.29 bits per heavy atom. The molecule has 0 saturated heterocycles. The maximum atomic E-state index is 10.5. The summed E-state index contributed by atoms with van der Waals surface area (Å²) in [6.07, 6.45) is -0.789. The van der Waals surface area contributed by atoms with E-state index in [4.69, 9.17) is 11.5 Å². The van der Waals surface area contributed by atoms with E-state index in [0.717, 1.165) is 14.6 Å². The van der Waals surface area contributed by atoms with E-state index >= 15 is 0 Å². The lowest BCUT2D eigenvalue weighted by atomic mass is 10.3. The Morgan fingerprint density at radius 1 is 1.53 bits per heavy atom. The van der Waals surface area contributed by atoms with Gasteiger partial charge in [-0.2, -0.15) is 0 Å². The van der Waals surface area contributed by atoms with Crippen molar-refractivity contribution in [2.45, 2.75) is 6.54 Å². The zero-order valence-corrected chi connectivity index (χ0v) is 11.0. The Hall–Kier alpha value is -1.51. The number of primary amides is 1. The van der Waals surface area contributed by atoms with Gasteiger partial charge in [0.25, 0.3) is 0 Å². The summed E-state index contributed by atoms with van der Waals surface area (Å²) >= 11 is 2.21. The summed E-state index contributed by atoms with van der Waals surface area (Å²) in [5, 5.41) is 0. The molecule has 1 amide bonds. The van der Waals surface area contributed by atoms with Crippen LogP contribution >= 0.6 is 22.6 Å². The molecule has 1 heterocycles. The number of halogens is 1. The Balaban J connectivity index is 2.27. The second-order valence-corrected chi connectivity index (χ2v) is 4.67. The van der Waals surface area contributed by atoms with Crippen LogP contribution in [0.15, 0.2) is 18.2 Å². The molecular formula is C10H11IN4O2. The molecule has 1 aromatic heterocycles. The number of carbonyl (C=O) groups is 1. The first-order chi connectivity index (χ1) is 8.08. The summed E-state index contributed by atoms with van der Waals surface area (Å²) in [5.74, 6) is 0.398. The molecule has 2 aromatic rings. The van der Waals surface area contributed by atoms with Gasteiger partial charge in [-0.1, -0.05) is 0 Å². The molecule has 0 spiro atoms. The van der Waals surface area contributed by atoms with Crippen LogP contribution < -0.4 is 11.5 Å². The van der Waals surface area contributed by atoms with Gasteiger partial charge in [-0.3, -0.25) is 0 Å². The number of ether oxygens (including phenoxy) is 1. The summed E-state index contributed by atoms with van der Waals surface area (Å²) in [4.78, 5) is 14.7. The molecule has 4 N–H and O–H groups in total. The number of anilines is 1. The monoisotopic (exact) mass is 346 g/mol. The first-order valence-electron chi connectivity index (χ1n) is 4.91. The summed E-state index contributed by atoms with van der Waals surface area (Å²) in [6.45, 7) is 0.614. The molecule has 0 aliphatic carbocycles. The zero-order chi connectivity index (χ0) is 12.4. The van der Waals surface area contributed by atoms with Crippen LogP contribution in [0.3, 0.4) is 0 Å². The third kappa shape index (κ3) is 2.60. The van der Waals surface area contributed by atoms with Gasteiger partial charge in [0.15, 0.2) is 0 Å². The highest BCUT2D eigenvalue weighted by Crippen LogP contribution is 2.19. The van der Waals surface area contributed by atoms with Crippen molar-refractivity contribution in [1.29, 1.82) is 0 Å². The molecule has 0 fully saturated rings. The van der Waals surface area contributed by atoms with Crippen LogP contribution in [0, 0.1) is 3.57 Å². The third-order valence-electron chi connectivity index (χ3n) is 2.30. The lowest BCUT2D eigenvalue weighted by Crippen LogP contribution is -2.17. The van der Waals surface area contributed by atoms with Crippen LogP contribution in [0.5, 0.6) is 0 Å². The molecule has 90 valence electrons. The van der Waals surface area contributed by atoms with E-state index in [2.05, 4.69) is 32.3 Å². The van der Waals surface area contributed by atoms with Gasteiger partial charge in [0.2, 0.25) is 5.95 Å². The number of benzene rings is 1. The molecule has 0 saturated carbocycles. The minimum Gasteiger partial charge on any atom is -0.448 e. The highest BCUT2D eigenvalue weighted by molar-refractivity contribution is 14.1. The number of hydrogen-bond donors (Lipinski definition) is 2. The molecule has 0 aliphatic rings. The van der Waals surface area contributed by atoms with Gasteiger partial charge in [0.1, 0.15) is 6.61 Å². The molecule has 0 aliphatic heterocycles. The molecule has 7 heteroatoms. The molecule has 6 nitrogen and oxygen atoms in total. The summed E-state index contributed by atoms with van der Waals surface area (Å²) in [7, 11) is 0. The highest BCUT2D eigenvalue weighted by atomic mass is 127. The standard InChI is InChI=1S/C10H11IN4O2/c11-6-1-2-8-7(5-6)14-9(12)15(8)3-4-17-10(13)16/h1-2,5H,3-4H2,(H2,12,14)(H2,13,16). The van der Waals surface area contributed by atoms with Crippen LogP contribution in [0.25, 0.3) is 11.0 Å². The Bertz CT molecular complexity index is 567. The number of nitrogens with zero attached hydrogens (tertiary/aromatic N) is 2. The van der Waals surface area contributed by atoms with Gasteiger partial charge in [-0.15, -0.1) is 0 Å². The number of amides is 1. The second kappa shape index (κ2) is 4.78. The summed E-state index contributed by atoms with van der Waals surface area (Å²) in [6, 6.07) is 5.85. The SMILES string of the molecule is NC(=O)OCCn1c(N)nc2cc(I)ccc21. The molecule has 0 atom stereocenters. The minimum atomic E-state index is -0.789. The quantitative estimate of drug-likeness (QED) is 0.820. The maximum absolute atomic E-state index is 10.5. The normalized spacial score (nSPS) is 10.6. The van der Waals surface area contributed by atoms with E-state index in [-0.39, 0.29) is 6.61 Å². The van der Waals surface area contributed by atoms with Crippen LogP contribution in [0.1, 0.15) is 0 Å². The van der Waals surface area contributed by atoms with Gasteiger partial charge in [-0.25, -0.2) is 9.78 Å². The van der Waals surface area contributed by atoms with Gasteiger partial charge in [-0.05, 0) is 40.8 Å². The largest absolute Gasteiger partial charge is 0.448 e. The van der Waals surface area contributed by atoms with Crippen molar-refractivity contribution in [2.24, 2.45) is 5.73 Å². The topological polar surface area (TPSA) is 96.2 Å². The van der Waals surface area contributed by atoms with Crippen LogP contribution in [0.2, 0.25) is 0 Å². The van der Waals surface area contributed by atoms with Gasteiger partial charge >= 0.3 is 6.09 Å². The van der Waals surface area contributed by atoms with Crippen LogP contribution in [0.4, 0.5) is 10.7 Å². The van der Waals surface area contributed by atoms with Crippen LogP contribution in [-0.2, 0) is 11.3 Å². The number of aromatic nitrogens is 2. The first-order valence-corrected chi connectivity index (χ1v) is 5.99. The number of nitrogens with two attached hydrogens (primary N) is 2. The Labute approximate surface area is 111 Å². The van der Waals surface area contributed by atoms with Crippen molar-refractivity contribution in [3.8, 4) is 0 Å². The van der Waals surface area contributed by atoms with Crippen molar-refractivity contribution >= 4 is 45.7 Å². The zero-order valence-electron chi connectivity index (χ0n) is 8.89. The van der Waals surface area contributed by atoms with Crippen molar-refractivity contribution in [2.75, 3.05) is 12.3 Å². The van der Waals surface area contributed by atoms with Crippen molar-refractivity contribution < 1.29 is 9.53 Å². The van der Waals surface area contributed by atoms with E-state index in [0.29, 0.717) is 12.5 Å². The van der Waals surface area contributed by atoms with E-state index in [1.54, 1.807) is 4.57 Å². The summed E-state index contributed by atoms with van der Waals surface area (Å²) in [5.41, 5.74) is 12.4. The predicted molar refractivity (Wildman–Crippen MR) is 72.4 cm³/mol. The smallest absolute Gasteiger partial charge is 0.404 e. The van der Waals surface area contributed by atoms with E-state index in [1.807, 2.05) is 18.2 Å². The van der Waals surface area contributed by atoms with Gasteiger partial charge < -0.3 is 20.8 Å². The lowest BCUT2D eigenvalue weighted by Gasteiger charge is -2.06. The number of imidazole rings is 1. The molecule has 0 unspecified atom stereocenters. The fourth-order valence-corrected chi connectivity index (χ4v) is 2.07. The van der Waals surface area contributed by atoms with Gasteiger partial charge in [0.05, 0.1) is 17.6 Å². The number of nitrogen functional groups attached to an aromatic ring is 1. The number of hydrogen-bond acceptors (Lipinski definition) is 4. The molecule has 0 bridgehead atoms. The summed E-state index contributed by atoms with van der Waals surface area (Å²) < 4.78 is 7.55. The third-order valence-corrected chi connectivity index (χ3v) is 2.97. The molecule has 1 aromatic carbocycles. The Kier molecular flexibility index (Phi) is 3.36. The van der Waals surface area contributed by atoms with Crippen LogP contribution in [-0.4, -0.2) is 22.3 Å².